The molecule has 8 rings (SSSR count). The van der Waals surface area contributed by atoms with Crippen molar-refractivity contribution in [1.82, 2.24) is 0 Å². The lowest BCUT2D eigenvalue weighted by Crippen LogP contribution is -2.33. The summed E-state index contributed by atoms with van der Waals surface area (Å²) in [5, 5.41) is 0. The highest BCUT2D eigenvalue weighted by atomic mass is 16.6. The van der Waals surface area contributed by atoms with E-state index in [1.54, 1.807) is 0 Å². The molecular formula is C38H38O8. The molecule has 8 heteroatoms. The number of hydrogen-bond donors (Lipinski definition) is 0. The van der Waals surface area contributed by atoms with Gasteiger partial charge in [-0.1, -0.05) is 91.0 Å². The molecule has 0 spiro atoms. The first-order valence-electron chi connectivity index (χ1n) is 16.1. The van der Waals surface area contributed by atoms with Crippen LogP contribution >= 0.6 is 0 Å². The van der Waals surface area contributed by atoms with Gasteiger partial charge in [-0.05, 0) is 29.2 Å². The lowest BCUT2D eigenvalue weighted by atomic mass is 9.65. The van der Waals surface area contributed by atoms with Crippen molar-refractivity contribution in [2.24, 2.45) is 0 Å². The van der Waals surface area contributed by atoms with Crippen molar-refractivity contribution in [3.63, 3.8) is 0 Å². The van der Waals surface area contributed by atoms with Gasteiger partial charge in [0.1, 0.15) is 50.8 Å². The molecule has 0 N–H and O–H groups in total. The summed E-state index contributed by atoms with van der Waals surface area (Å²) in [5.74, 6) is 2.20. The zero-order valence-corrected chi connectivity index (χ0v) is 25.7. The molecule has 0 radical (unpaired) electrons. The Morgan fingerprint density at radius 2 is 0.913 bits per heavy atom. The average Bonchev–Trinajstić information content (AvgIpc) is 3.91. The summed E-state index contributed by atoms with van der Waals surface area (Å²) in [6.07, 6.45) is 0.785. The summed E-state index contributed by atoms with van der Waals surface area (Å²) < 4.78 is 48.7. The third kappa shape index (κ3) is 6.71. The first-order chi connectivity index (χ1) is 22.8. The van der Waals surface area contributed by atoms with Crippen molar-refractivity contribution in [2.45, 2.75) is 36.3 Å². The van der Waals surface area contributed by atoms with Crippen LogP contribution in [-0.2, 0) is 30.8 Å². The van der Waals surface area contributed by atoms with Gasteiger partial charge in [-0.25, -0.2) is 0 Å². The molecule has 0 saturated carbocycles. The van der Waals surface area contributed by atoms with Crippen LogP contribution in [0.3, 0.4) is 0 Å². The normalized spacial score (nSPS) is 22.5. The van der Waals surface area contributed by atoms with Crippen LogP contribution in [0.15, 0.2) is 97.1 Å². The fourth-order valence-electron chi connectivity index (χ4n) is 5.93. The standard InChI is InChI=1S/C38H38O8/c1-4-10-26(11-5-1)17-38(27-12-6-2-7-13-27,28-14-8-3-9-15-28)33-16-34(43-22-29-18-39-29)36(45-24-31-20-41-31)37(46-25-32-21-42-32)35(33)44-23-30-19-40-30/h1-16,29-32H,17-25H2. The molecule has 4 aliphatic rings. The van der Waals surface area contributed by atoms with Crippen LogP contribution < -0.4 is 18.9 Å². The number of benzene rings is 4. The highest BCUT2D eigenvalue weighted by Gasteiger charge is 2.43. The van der Waals surface area contributed by atoms with Crippen LogP contribution in [0.4, 0.5) is 0 Å². The van der Waals surface area contributed by atoms with Crippen molar-refractivity contribution in [3.05, 3.63) is 119 Å². The Morgan fingerprint density at radius 3 is 1.39 bits per heavy atom. The van der Waals surface area contributed by atoms with Gasteiger partial charge in [0, 0.05) is 5.56 Å². The molecule has 238 valence electrons. The van der Waals surface area contributed by atoms with Gasteiger partial charge in [-0.15, -0.1) is 0 Å². The molecule has 0 amide bonds. The van der Waals surface area contributed by atoms with Crippen LogP contribution in [0, 0.1) is 0 Å². The van der Waals surface area contributed by atoms with Gasteiger partial charge in [0.25, 0.3) is 0 Å². The van der Waals surface area contributed by atoms with Crippen LogP contribution in [0.25, 0.3) is 0 Å². The molecule has 0 aromatic heterocycles. The molecule has 4 aromatic rings. The topological polar surface area (TPSA) is 87.0 Å². The summed E-state index contributed by atoms with van der Waals surface area (Å²) in [7, 11) is 0. The molecular weight excluding hydrogens is 584 g/mol. The predicted octanol–water partition coefficient (Wildman–Crippen LogP) is 5.37. The lowest BCUT2D eigenvalue weighted by Gasteiger charge is -2.38. The zero-order chi connectivity index (χ0) is 30.8. The van der Waals surface area contributed by atoms with Gasteiger partial charge in [0.05, 0.1) is 31.8 Å². The Hall–Kier alpha value is -4.08. The third-order valence-corrected chi connectivity index (χ3v) is 8.74. The van der Waals surface area contributed by atoms with Crippen molar-refractivity contribution in [2.75, 3.05) is 52.9 Å². The molecule has 0 bridgehead atoms. The summed E-state index contributed by atoms with van der Waals surface area (Å²) in [6, 6.07) is 33.9. The smallest absolute Gasteiger partial charge is 0.207 e. The molecule has 46 heavy (non-hydrogen) atoms. The van der Waals surface area contributed by atoms with E-state index in [1.807, 2.05) is 6.07 Å². The minimum absolute atomic E-state index is 0.0180. The van der Waals surface area contributed by atoms with E-state index in [2.05, 4.69) is 91.0 Å². The van der Waals surface area contributed by atoms with Crippen molar-refractivity contribution >= 4 is 0 Å². The summed E-state index contributed by atoms with van der Waals surface area (Å²) >= 11 is 0. The number of rotatable bonds is 17. The van der Waals surface area contributed by atoms with Crippen molar-refractivity contribution in [3.8, 4) is 23.0 Å². The second-order valence-corrected chi connectivity index (χ2v) is 12.3. The summed E-state index contributed by atoms with van der Waals surface area (Å²) in [4.78, 5) is 0. The van der Waals surface area contributed by atoms with E-state index in [4.69, 9.17) is 37.9 Å². The maximum atomic E-state index is 6.81. The van der Waals surface area contributed by atoms with Gasteiger partial charge in [0.2, 0.25) is 11.5 Å². The van der Waals surface area contributed by atoms with E-state index in [0.717, 1.165) is 16.7 Å². The fourth-order valence-corrected chi connectivity index (χ4v) is 5.93. The van der Waals surface area contributed by atoms with E-state index < -0.39 is 5.41 Å². The molecule has 4 unspecified atom stereocenters. The fraction of sp³-hybridized carbons (Fsp3) is 0.368. The second-order valence-electron chi connectivity index (χ2n) is 12.3. The summed E-state index contributed by atoms with van der Waals surface area (Å²) in [6.45, 7) is 4.20. The maximum absolute atomic E-state index is 6.81. The number of ether oxygens (including phenoxy) is 8. The minimum Gasteiger partial charge on any atom is -0.487 e. The van der Waals surface area contributed by atoms with Gasteiger partial charge < -0.3 is 37.9 Å². The summed E-state index contributed by atoms with van der Waals surface area (Å²) in [5.41, 5.74) is 3.63. The highest BCUT2D eigenvalue weighted by Crippen LogP contribution is 2.55. The monoisotopic (exact) mass is 622 g/mol. The van der Waals surface area contributed by atoms with Gasteiger partial charge in [0.15, 0.2) is 11.5 Å². The molecule has 4 heterocycles. The second kappa shape index (κ2) is 13.0. The molecule has 8 nitrogen and oxygen atoms in total. The first-order valence-corrected chi connectivity index (χ1v) is 16.1. The number of epoxide rings is 4. The van der Waals surface area contributed by atoms with Crippen LogP contribution in [0.1, 0.15) is 22.3 Å². The molecule has 4 aliphatic heterocycles. The van der Waals surface area contributed by atoms with E-state index in [1.165, 1.54) is 5.56 Å². The van der Waals surface area contributed by atoms with E-state index >= 15 is 0 Å². The Balaban J connectivity index is 1.38. The Morgan fingerprint density at radius 1 is 0.500 bits per heavy atom. The van der Waals surface area contributed by atoms with Gasteiger partial charge >= 0.3 is 0 Å². The van der Waals surface area contributed by atoms with E-state index in [9.17, 15) is 0 Å². The quantitative estimate of drug-likeness (QED) is 0.115. The molecule has 4 aromatic carbocycles. The molecule has 4 fully saturated rings. The maximum Gasteiger partial charge on any atom is 0.207 e. The highest BCUT2D eigenvalue weighted by molar-refractivity contribution is 5.69. The van der Waals surface area contributed by atoms with Crippen LogP contribution in [0.5, 0.6) is 23.0 Å². The minimum atomic E-state index is -0.704. The Labute approximate surface area is 269 Å². The largest absolute Gasteiger partial charge is 0.487 e. The van der Waals surface area contributed by atoms with E-state index in [-0.39, 0.29) is 24.4 Å². The van der Waals surface area contributed by atoms with Gasteiger partial charge in [-0.2, -0.15) is 0 Å². The molecule has 0 aliphatic carbocycles. The first kappa shape index (κ1) is 29.3. The predicted molar refractivity (Wildman–Crippen MR) is 170 cm³/mol. The van der Waals surface area contributed by atoms with Crippen LogP contribution in [0.2, 0.25) is 0 Å². The third-order valence-electron chi connectivity index (χ3n) is 8.74. The van der Waals surface area contributed by atoms with Crippen molar-refractivity contribution in [1.29, 1.82) is 0 Å². The zero-order valence-electron chi connectivity index (χ0n) is 25.7. The number of hydrogen-bond acceptors (Lipinski definition) is 8. The van der Waals surface area contributed by atoms with Gasteiger partial charge in [-0.3, -0.25) is 0 Å². The average molecular weight is 623 g/mol. The SMILES string of the molecule is c1ccc(CC(c2ccccc2)(c2ccccc2)c2cc(OCC3CO3)c(OCC3CO3)c(OCC3CO3)c2OCC2CO2)cc1. The van der Waals surface area contributed by atoms with Crippen molar-refractivity contribution < 1.29 is 37.9 Å². The molecule has 4 atom stereocenters. The Bertz CT molecular complexity index is 1560. The van der Waals surface area contributed by atoms with E-state index in [0.29, 0.717) is 82.3 Å². The lowest BCUT2D eigenvalue weighted by molar-refractivity contribution is 0.194. The van der Waals surface area contributed by atoms with Crippen LogP contribution in [-0.4, -0.2) is 77.3 Å². The Kier molecular flexibility index (Phi) is 8.27. The molecule has 4 saturated heterocycles.